The molecular formula is C10H16O6. The van der Waals surface area contributed by atoms with E-state index in [2.05, 4.69) is 0 Å². The fourth-order valence-electron chi connectivity index (χ4n) is 2.60. The number of rotatable bonds is 0. The number of aliphatic hydroxyl groups is 2. The highest BCUT2D eigenvalue weighted by Crippen LogP contribution is 2.45. The van der Waals surface area contributed by atoms with Gasteiger partial charge in [0.05, 0.1) is 12.0 Å². The summed E-state index contributed by atoms with van der Waals surface area (Å²) in [5, 5.41) is 19.3. The number of hydrogen-bond acceptors (Lipinski definition) is 6. The van der Waals surface area contributed by atoms with Gasteiger partial charge in [0.15, 0.2) is 24.7 Å². The molecule has 0 amide bonds. The molecule has 3 saturated heterocycles. The van der Waals surface area contributed by atoms with Gasteiger partial charge in [0.25, 0.3) is 0 Å². The summed E-state index contributed by atoms with van der Waals surface area (Å²) >= 11 is 0. The van der Waals surface area contributed by atoms with Crippen molar-refractivity contribution in [3.05, 3.63) is 0 Å². The van der Waals surface area contributed by atoms with Gasteiger partial charge in [0.1, 0.15) is 6.10 Å². The summed E-state index contributed by atoms with van der Waals surface area (Å²) in [4.78, 5) is 0. The minimum atomic E-state index is -0.983. The van der Waals surface area contributed by atoms with Crippen LogP contribution in [-0.4, -0.2) is 47.1 Å². The Morgan fingerprint density at radius 3 is 2.56 bits per heavy atom. The molecular weight excluding hydrogens is 216 g/mol. The SMILES string of the molecule is CC1(C)O[C@@H]2O[C@H]3OC(O)C[C@@H](O)C3[C@@H]2O1. The van der Waals surface area contributed by atoms with Crippen molar-refractivity contribution in [2.45, 2.75) is 57.1 Å². The van der Waals surface area contributed by atoms with E-state index in [0.717, 1.165) is 0 Å². The topological polar surface area (TPSA) is 77.4 Å². The number of aliphatic hydroxyl groups excluding tert-OH is 2. The number of ether oxygens (including phenoxy) is 4. The third-order valence-electron chi connectivity index (χ3n) is 3.23. The lowest BCUT2D eigenvalue weighted by atomic mass is 9.92. The lowest BCUT2D eigenvalue weighted by Gasteiger charge is -2.35. The maximum atomic E-state index is 9.91. The lowest BCUT2D eigenvalue weighted by Crippen LogP contribution is -2.46. The molecule has 3 fully saturated rings. The molecule has 0 aliphatic carbocycles. The van der Waals surface area contributed by atoms with Crippen LogP contribution in [0.15, 0.2) is 0 Å². The Balaban J connectivity index is 1.80. The minimum absolute atomic E-state index is 0.178. The van der Waals surface area contributed by atoms with Crippen LogP contribution in [0.2, 0.25) is 0 Å². The Hall–Kier alpha value is -0.240. The first-order valence-electron chi connectivity index (χ1n) is 5.49. The molecule has 3 aliphatic rings. The standard InChI is InChI=1S/C10H16O6/c1-10(2)15-7-6-4(11)3-5(12)13-8(6)14-9(7)16-10/h4-9,11-12H,3H2,1-2H3/t4-,5?,6?,7+,8-,9+/m1/s1. The van der Waals surface area contributed by atoms with Crippen molar-refractivity contribution < 1.29 is 29.2 Å². The summed E-state index contributed by atoms with van der Waals surface area (Å²) in [5.41, 5.74) is 0. The maximum Gasteiger partial charge on any atom is 0.190 e. The quantitative estimate of drug-likeness (QED) is 0.588. The molecule has 0 aromatic rings. The zero-order valence-electron chi connectivity index (χ0n) is 9.20. The molecule has 92 valence electrons. The first-order chi connectivity index (χ1) is 7.46. The van der Waals surface area contributed by atoms with Crippen LogP contribution < -0.4 is 0 Å². The molecule has 3 aliphatic heterocycles. The van der Waals surface area contributed by atoms with Gasteiger partial charge in [-0.25, -0.2) is 0 Å². The predicted molar refractivity (Wildman–Crippen MR) is 49.9 cm³/mol. The molecule has 0 saturated carbocycles. The van der Waals surface area contributed by atoms with Crippen molar-refractivity contribution in [3.8, 4) is 0 Å². The largest absolute Gasteiger partial charge is 0.392 e. The summed E-state index contributed by atoms with van der Waals surface area (Å²) < 4.78 is 21.9. The van der Waals surface area contributed by atoms with E-state index in [9.17, 15) is 10.2 Å². The van der Waals surface area contributed by atoms with Gasteiger partial charge < -0.3 is 29.2 Å². The molecule has 0 aromatic heterocycles. The summed E-state index contributed by atoms with van der Waals surface area (Å²) in [6, 6.07) is 0. The van der Waals surface area contributed by atoms with E-state index in [1.165, 1.54) is 0 Å². The zero-order chi connectivity index (χ0) is 11.5. The Bertz CT molecular complexity index is 293. The smallest absolute Gasteiger partial charge is 0.190 e. The van der Waals surface area contributed by atoms with Crippen molar-refractivity contribution in [1.29, 1.82) is 0 Å². The van der Waals surface area contributed by atoms with Crippen molar-refractivity contribution in [3.63, 3.8) is 0 Å². The average Bonchev–Trinajstić information content (AvgIpc) is 2.54. The first kappa shape index (κ1) is 10.9. The maximum absolute atomic E-state index is 9.91. The monoisotopic (exact) mass is 232 g/mol. The zero-order valence-corrected chi connectivity index (χ0v) is 9.20. The van der Waals surface area contributed by atoms with Gasteiger partial charge in [0, 0.05) is 6.42 Å². The van der Waals surface area contributed by atoms with E-state index >= 15 is 0 Å². The van der Waals surface area contributed by atoms with Crippen LogP contribution in [0.25, 0.3) is 0 Å². The Labute approximate surface area is 93.0 Å². The molecule has 2 unspecified atom stereocenters. The predicted octanol–water partition coefficient (Wildman–Crippen LogP) is -0.464. The van der Waals surface area contributed by atoms with Crippen LogP contribution in [0.4, 0.5) is 0 Å². The molecule has 0 radical (unpaired) electrons. The van der Waals surface area contributed by atoms with Crippen LogP contribution >= 0.6 is 0 Å². The fraction of sp³-hybridized carbons (Fsp3) is 1.00. The highest BCUT2D eigenvalue weighted by atomic mass is 16.9. The van der Waals surface area contributed by atoms with Gasteiger partial charge in [-0.2, -0.15) is 0 Å². The second-order valence-corrected chi connectivity index (χ2v) is 4.94. The minimum Gasteiger partial charge on any atom is -0.392 e. The Morgan fingerprint density at radius 2 is 1.81 bits per heavy atom. The molecule has 3 rings (SSSR count). The molecule has 0 bridgehead atoms. The third kappa shape index (κ3) is 1.57. The second kappa shape index (κ2) is 3.38. The van der Waals surface area contributed by atoms with E-state index in [0.29, 0.717) is 0 Å². The Kier molecular flexibility index (Phi) is 2.30. The van der Waals surface area contributed by atoms with Gasteiger partial charge >= 0.3 is 0 Å². The van der Waals surface area contributed by atoms with Crippen molar-refractivity contribution >= 4 is 0 Å². The molecule has 3 heterocycles. The number of hydrogen-bond donors (Lipinski definition) is 2. The van der Waals surface area contributed by atoms with Crippen LogP contribution in [0.1, 0.15) is 20.3 Å². The molecule has 0 spiro atoms. The van der Waals surface area contributed by atoms with Crippen LogP contribution in [0.3, 0.4) is 0 Å². The third-order valence-corrected chi connectivity index (χ3v) is 3.23. The number of fused-ring (bicyclic) bond motifs is 3. The first-order valence-corrected chi connectivity index (χ1v) is 5.49. The van der Waals surface area contributed by atoms with E-state index < -0.39 is 30.8 Å². The van der Waals surface area contributed by atoms with Gasteiger partial charge in [-0.05, 0) is 13.8 Å². The summed E-state index contributed by atoms with van der Waals surface area (Å²) in [6.45, 7) is 3.60. The Morgan fingerprint density at radius 1 is 1.06 bits per heavy atom. The van der Waals surface area contributed by atoms with Gasteiger partial charge in [0.2, 0.25) is 0 Å². The molecule has 0 aromatic carbocycles. The lowest BCUT2D eigenvalue weighted by molar-refractivity contribution is -0.314. The normalized spacial score (nSPS) is 54.8. The average molecular weight is 232 g/mol. The van der Waals surface area contributed by atoms with E-state index in [1.807, 2.05) is 0 Å². The van der Waals surface area contributed by atoms with Crippen molar-refractivity contribution in [1.82, 2.24) is 0 Å². The van der Waals surface area contributed by atoms with Crippen LogP contribution in [0, 0.1) is 5.92 Å². The highest BCUT2D eigenvalue weighted by Gasteiger charge is 2.59. The van der Waals surface area contributed by atoms with Crippen molar-refractivity contribution in [2.75, 3.05) is 0 Å². The van der Waals surface area contributed by atoms with Gasteiger partial charge in [-0.15, -0.1) is 0 Å². The summed E-state index contributed by atoms with van der Waals surface area (Å²) in [7, 11) is 0. The summed E-state index contributed by atoms with van der Waals surface area (Å²) in [6.07, 6.45) is -3.00. The fourth-order valence-corrected chi connectivity index (χ4v) is 2.60. The molecule has 6 atom stereocenters. The molecule has 6 heteroatoms. The molecule has 16 heavy (non-hydrogen) atoms. The van der Waals surface area contributed by atoms with E-state index in [1.54, 1.807) is 13.8 Å². The van der Waals surface area contributed by atoms with Gasteiger partial charge in [-0.1, -0.05) is 0 Å². The highest BCUT2D eigenvalue weighted by molar-refractivity contribution is 4.95. The van der Waals surface area contributed by atoms with E-state index in [4.69, 9.17) is 18.9 Å². The molecule has 6 nitrogen and oxygen atoms in total. The van der Waals surface area contributed by atoms with Crippen LogP contribution in [-0.2, 0) is 18.9 Å². The second-order valence-electron chi connectivity index (χ2n) is 4.94. The molecule has 2 N–H and O–H groups in total. The van der Waals surface area contributed by atoms with Crippen molar-refractivity contribution in [2.24, 2.45) is 5.92 Å². The van der Waals surface area contributed by atoms with E-state index in [-0.39, 0.29) is 18.4 Å². The van der Waals surface area contributed by atoms with Gasteiger partial charge in [-0.3, -0.25) is 0 Å². The van der Waals surface area contributed by atoms with Crippen LogP contribution in [0.5, 0.6) is 0 Å². The summed E-state index contributed by atoms with van der Waals surface area (Å²) in [5.74, 6) is -0.994.